The zero-order valence-electron chi connectivity index (χ0n) is 16.2. The van der Waals surface area contributed by atoms with Crippen LogP contribution in [-0.4, -0.2) is 49.2 Å². The number of hydrogen-bond acceptors (Lipinski definition) is 3. The fourth-order valence-corrected chi connectivity index (χ4v) is 3.87. The van der Waals surface area contributed by atoms with Gasteiger partial charge in [0.15, 0.2) is 0 Å². The molecule has 2 atom stereocenters. The first-order valence-electron chi connectivity index (χ1n) is 10.1. The molecule has 2 heterocycles. The fraction of sp³-hybridized carbons (Fsp3) is 0.619. The molecule has 2 fully saturated rings. The smallest absolute Gasteiger partial charge is 0.321 e. The summed E-state index contributed by atoms with van der Waals surface area (Å²) in [4.78, 5) is 26.5. The average Bonchev–Trinajstić information content (AvgIpc) is 3.18. The normalized spacial score (nSPS) is 22.5. The topological polar surface area (TPSA) is 70.7 Å². The van der Waals surface area contributed by atoms with Crippen molar-refractivity contribution in [3.63, 3.8) is 0 Å². The van der Waals surface area contributed by atoms with Crippen molar-refractivity contribution >= 4 is 17.6 Å². The second-order valence-electron chi connectivity index (χ2n) is 7.73. The molecular formula is C21H31N3O3. The van der Waals surface area contributed by atoms with E-state index in [1.807, 2.05) is 36.1 Å². The summed E-state index contributed by atoms with van der Waals surface area (Å²) < 4.78 is 5.53. The van der Waals surface area contributed by atoms with E-state index >= 15 is 0 Å². The number of piperidine rings is 1. The van der Waals surface area contributed by atoms with Crippen molar-refractivity contribution in [3.8, 4) is 0 Å². The Morgan fingerprint density at radius 3 is 2.93 bits per heavy atom. The van der Waals surface area contributed by atoms with Crippen LogP contribution in [0, 0.1) is 12.8 Å². The van der Waals surface area contributed by atoms with Crippen molar-refractivity contribution in [1.29, 1.82) is 0 Å². The highest BCUT2D eigenvalue weighted by Crippen LogP contribution is 2.22. The Labute approximate surface area is 161 Å². The van der Waals surface area contributed by atoms with E-state index in [1.54, 1.807) is 0 Å². The molecule has 6 heteroatoms. The Morgan fingerprint density at radius 2 is 2.15 bits per heavy atom. The predicted molar refractivity (Wildman–Crippen MR) is 106 cm³/mol. The first kappa shape index (κ1) is 19.7. The molecule has 148 valence electrons. The van der Waals surface area contributed by atoms with Gasteiger partial charge < -0.3 is 20.3 Å². The second kappa shape index (κ2) is 9.74. The Bertz CT molecular complexity index is 643. The zero-order valence-corrected chi connectivity index (χ0v) is 16.2. The monoisotopic (exact) mass is 373 g/mol. The first-order chi connectivity index (χ1) is 13.1. The Kier molecular flexibility index (Phi) is 7.10. The molecule has 2 N–H and O–H groups in total. The summed E-state index contributed by atoms with van der Waals surface area (Å²) in [5, 5.41) is 5.96. The number of anilines is 1. The molecule has 27 heavy (non-hydrogen) atoms. The minimum absolute atomic E-state index is 0.0480. The van der Waals surface area contributed by atoms with E-state index in [0.717, 1.165) is 63.1 Å². The summed E-state index contributed by atoms with van der Waals surface area (Å²) in [6.07, 6.45) is 5.72. The molecule has 3 rings (SSSR count). The SMILES string of the molecule is Cc1cccc(NC(=O)N2CCC[C@H](CCC(=O)NC[C@H]3CCCO3)C2)c1. The highest BCUT2D eigenvalue weighted by molar-refractivity contribution is 5.89. The summed E-state index contributed by atoms with van der Waals surface area (Å²) in [6.45, 7) is 4.93. The molecule has 6 nitrogen and oxygen atoms in total. The predicted octanol–water partition coefficient (Wildman–Crippen LogP) is 3.31. The highest BCUT2D eigenvalue weighted by atomic mass is 16.5. The molecule has 0 saturated carbocycles. The third-order valence-corrected chi connectivity index (χ3v) is 5.41. The Balaban J connectivity index is 1.39. The molecular weight excluding hydrogens is 342 g/mol. The maximum Gasteiger partial charge on any atom is 0.321 e. The van der Waals surface area contributed by atoms with Crippen molar-refractivity contribution in [3.05, 3.63) is 29.8 Å². The van der Waals surface area contributed by atoms with Gasteiger partial charge in [-0.05, 0) is 62.6 Å². The van der Waals surface area contributed by atoms with Gasteiger partial charge in [0.1, 0.15) is 0 Å². The van der Waals surface area contributed by atoms with Gasteiger partial charge in [-0.15, -0.1) is 0 Å². The lowest BCUT2D eigenvalue weighted by Gasteiger charge is -2.32. The molecule has 1 aromatic carbocycles. The fourth-order valence-electron chi connectivity index (χ4n) is 3.87. The maximum absolute atomic E-state index is 12.5. The Hall–Kier alpha value is -2.08. The largest absolute Gasteiger partial charge is 0.376 e. The highest BCUT2D eigenvalue weighted by Gasteiger charge is 2.24. The molecule has 0 aliphatic carbocycles. The van der Waals surface area contributed by atoms with Crippen LogP contribution >= 0.6 is 0 Å². The minimum atomic E-state index is -0.0480. The quantitative estimate of drug-likeness (QED) is 0.804. The number of amides is 3. The molecule has 2 aliphatic heterocycles. The van der Waals surface area contributed by atoms with E-state index < -0.39 is 0 Å². The zero-order chi connectivity index (χ0) is 19.1. The van der Waals surface area contributed by atoms with Crippen molar-refractivity contribution in [1.82, 2.24) is 10.2 Å². The van der Waals surface area contributed by atoms with Crippen molar-refractivity contribution in [2.45, 2.75) is 51.6 Å². The van der Waals surface area contributed by atoms with E-state index in [9.17, 15) is 9.59 Å². The first-order valence-corrected chi connectivity index (χ1v) is 10.1. The number of nitrogens with zero attached hydrogens (tertiary/aromatic N) is 1. The van der Waals surface area contributed by atoms with Gasteiger partial charge in [-0.25, -0.2) is 4.79 Å². The van der Waals surface area contributed by atoms with Crippen LogP contribution < -0.4 is 10.6 Å². The molecule has 3 amide bonds. The van der Waals surface area contributed by atoms with Crippen LogP contribution in [0.2, 0.25) is 0 Å². The number of nitrogens with one attached hydrogen (secondary N) is 2. The number of hydrogen-bond donors (Lipinski definition) is 2. The molecule has 0 aromatic heterocycles. The summed E-state index contributed by atoms with van der Waals surface area (Å²) in [5.41, 5.74) is 1.95. The number of carbonyl (C=O) groups is 2. The van der Waals surface area contributed by atoms with Gasteiger partial charge in [0, 0.05) is 38.3 Å². The van der Waals surface area contributed by atoms with E-state index in [0.29, 0.717) is 18.9 Å². The molecule has 2 saturated heterocycles. The second-order valence-corrected chi connectivity index (χ2v) is 7.73. The molecule has 0 unspecified atom stereocenters. The Morgan fingerprint density at radius 1 is 1.26 bits per heavy atom. The van der Waals surface area contributed by atoms with Gasteiger partial charge in [-0.3, -0.25) is 4.79 Å². The van der Waals surface area contributed by atoms with Crippen molar-refractivity contribution in [2.75, 3.05) is 31.6 Å². The number of carbonyl (C=O) groups excluding carboxylic acids is 2. The van der Waals surface area contributed by atoms with Crippen LogP contribution in [0.1, 0.15) is 44.1 Å². The molecule has 0 spiro atoms. The van der Waals surface area contributed by atoms with Gasteiger partial charge in [0.05, 0.1) is 6.10 Å². The summed E-state index contributed by atoms with van der Waals surface area (Å²) in [5.74, 6) is 0.474. The van der Waals surface area contributed by atoms with Gasteiger partial charge in [-0.2, -0.15) is 0 Å². The average molecular weight is 373 g/mol. The van der Waals surface area contributed by atoms with Gasteiger partial charge in [-0.1, -0.05) is 12.1 Å². The molecule has 1 aromatic rings. The van der Waals surface area contributed by atoms with Crippen LogP contribution in [0.25, 0.3) is 0 Å². The summed E-state index contributed by atoms with van der Waals surface area (Å²) >= 11 is 0. The number of rotatable bonds is 6. The van der Waals surface area contributed by atoms with Crippen LogP contribution in [0.4, 0.5) is 10.5 Å². The molecule has 0 radical (unpaired) electrons. The lowest BCUT2D eigenvalue weighted by atomic mass is 9.93. The standard InChI is InChI=1S/C21H31N3O3/c1-16-5-2-7-18(13-16)23-21(26)24-11-3-6-17(15-24)9-10-20(25)22-14-19-8-4-12-27-19/h2,5,7,13,17,19H,3-4,6,8-12,14-15H2,1H3,(H,22,25)(H,23,26)/t17-,19-/m1/s1. The molecule has 2 aliphatic rings. The van der Waals surface area contributed by atoms with Crippen LogP contribution in [0.5, 0.6) is 0 Å². The third-order valence-electron chi connectivity index (χ3n) is 5.41. The summed E-state index contributed by atoms with van der Waals surface area (Å²) in [7, 11) is 0. The van der Waals surface area contributed by atoms with Crippen LogP contribution in [0.3, 0.4) is 0 Å². The summed E-state index contributed by atoms with van der Waals surface area (Å²) in [6, 6.07) is 7.78. The molecule has 0 bridgehead atoms. The number of ether oxygens (including phenoxy) is 1. The van der Waals surface area contributed by atoms with E-state index in [2.05, 4.69) is 10.6 Å². The number of urea groups is 1. The van der Waals surface area contributed by atoms with E-state index in [1.165, 1.54) is 0 Å². The third kappa shape index (κ3) is 6.24. The lowest BCUT2D eigenvalue weighted by Crippen LogP contribution is -2.42. The lowest BCUT2D eigenvalue weighted by molar-refractivity contribution is -0.121. The number of likely N-dealkylation sites (tertiary alicyclic amines) is 1. The van der Waals surface area contributed by atoms with Crippen LogP contribution in [-0.2, 0) is 9.53 Å². The minimum Gasteiger partial charge on any atom is -0.376 e. The van der Waals surface area contributed by atoms with Gasteiger partial charge in [0.2, 0.25) is 5.91 Å². The van der Waals surface area contributed by atoms with Crippen molar-refractivity contribution < 1.29 is 14.3 Å². The van der Waals surface area contributed by atoms with Crippen molar-refractivity contribution in [2.24, 2.45) is 5.92 Å². The van der Waals surface area contributed by atoms with Gasteiger partial charge >= 0.3 is 6.03 Å². The number of benzene rings is 1. The van der Waals surface area contributed by atoms with Crippen LogP contribution in [0.15, 0.2) is 24.3 Å². The van der Waals surface area contributed by atoms with E-state index in [4.69, 9.17) is 4.74 Å². The maximum atomic E-state index is 12.5. The number of aryl methyl sites for hydroxylation is 1. The van der Waals surface area contributed by atoms with E-state index in [-0.39, 0.29) is 18.0 Å². The van der Waals surface area contributed by atoms with Gasteiger partial charge in [0.25, 0.3) is 0 Å².